The molecule has 0 fully saturated rings. The van der Waals surface area contributed by atoms with Crippen molar-refractivity contribution in [3.05, 3.63) is 47.5 Å². The lowest BCUT2D eigenvalue weighted by Gasteiger charge is -2.22. The number of nitrogens with one attached hydrogen (secondary N) is 2. The van der Waals surface area contributed by atoms with Gasteiger partial charge in [0, 0.05) is 12.7 Å². The molecule has 0 spiro atoms. The van der Waals surface area contributed by atoms with Gasteiger partial charge in [-0.25, -0.2) is 5.48 Å². The topological polar surface area (TPSA) is 130 Å². The van der Waals surface area contributed by atoms with Gasteiger partial charge in [0.25, 0.3) is 5.91 Å². The number of nitrogens with zero attached hydrogens (tertiary/aromatic N) is 1. The van der Waals surface area contributed by atoms with Crippen molar-refractivity contribution in [1.29, 1.82) is 5.26 Å². The second kappa shape index (κ2) is 14.3. The number of amides is 2. The Kier molecular flexibility index (Phi) is 11.9. The second-order valence-corrected chi connectivity index (χ2v) is 6.09. The van der Waals surface area contributed by atoms with Gasteiger partial charge >= 0.3 is 0 Å². The number of carbonyl (C=O) groups excluding carboxylic acids is 2. The standard InChI is InChI=1S/C20H27N3O6/c1-3-4-17(20(25)23-26)11-18(13-29-14-28-10-9-27-2)22-19(24)16-7-5-15(12-21)6-8-16/h3-8,17-18,26H,9-11,13-14H2,1-2H3,(H,22,24)(H,23,25)/b4-3+/t17-,18-/m0/s1. The lowest BCUT2D eigenvalue weighted by atomic mass is 9.98. The fourth-order valence-electron chi connectivity index (χ4n) is 2.48. The molecule has 2 atom stereocenters. The van der Waals surface area contributed by atoms with Gasteiger partial charge in [-0.15, -0.1) is 0 Å². The summed E-state index contributed by atoms with van der Waals surface area (Å²) in [5.41, 5.74) is 2.45. The Morgan fingerprint density at radius 3 is 2.55 bits per heavy atom. The predicted molar refractivity (Wildman–Crippen MR) is 104 cm³/mol. The van der Waals surface area contributed by atoms with E-state index in [1.165, 1.54) is 0 Å². The Morgan fingerprint density at radius 2 is 1.97 bits per heavy atom. The van der Waals surface area contributed by atoms with Crippen LogP contribution in [0, 0.1) is 17.2 Å². The van der Waals surface area contributed by atoms with Gasteiger partial charge in [-0.1, -0.05) is 12.2 Å². The van der Waals surface area contributed by atoms with Gasteiger partial charge in [0.2, 0.25) is 5.91 Å². The van der Waals surface area contributed by atoms with Crippen molar-refractivity contribution in [2.45, 2.75) is 19.4 Å². The Hall–Kier alpha value is -2.77. The van der Waals surface area contributed by atoms with E-state index in [1.807, 2.05) is 6.07 Å². The number of hydrogen-bond acceptors (Lipinski definition) is 7. The van der Waals surface area contributed by atoms with Crippen molar-refractivity contribution in [1.82, 2.24) is 10.8 Å². The summed E-state index contributed by atoms with van der Waals surface area (Å²) < 4.78 is 15.6. The van der Waals surface area contributed by atoms with Gasteiger partial charge in [-0.3, -0.25) is 14.8 Å². The van der Waals surface area contributed by atoms with E-state index in [9.17, 15) is 9.59 Å². The number of rotatable bonds is 13. The van der Waals surface area contributed by atoms with Crippen LogP contribution in [-0.2, 0) is 19.0 Å². The third kappa shape index (κ3) is 9.32. The fourth-order valence-corrected chi connectivity index (χ4v) is 2.48. The average molecular weight is 405 g/mol. The van der Waals surface area contributed by atoms with Gasteiger partial charge in [0.05, 0.1) is 43.4 Å². The van der Waals surface area contributed by atoms with Crippen molar-refractivity contribution in [3.8, 4) is 6.07 Å². The summed E-state index contributed by atoms with van der Waals surface area (Å²) in [6, 6.07) is 7.65. The Bertz CT molecular complexity index is 699. The van der Waals surface area contributed by atoms with E-state index in [1.54, 1.807) is 55.9 Å². The quantitative estimate of drug-likeness (QED) is 0.149. The molecule has 1 rings (SSSR count). The molecule has 1 aromatic carbocycles. The first-order valence-corrected chi connectivity index (χ1v) is 9.07. The van der Waals surface area contributed by atoms with Gasteiger partial charge in [-0.05, 0) is 37.6 Å². The third-order valence-electron chi connectivity index (χ3n) is 3.94. The van der Waals surface area contributed by atoms with Crippen LogP contribution in [-0.4, -0.2) is 56.8 Å². The molecule has 0 radical (unpaired) electrons. The zero-order chi connectivity index (χ0) is 21.5. The largest absolute Gasteiger partial charge is 0.382 e. The highest BCUT2D eigenvalue weighted by Crippen LogP contribution is 2.12. The van der Waals surface area contributed by atoms with E-state index in [0.717, 1.165) is 0 Å². The molecule has 0 unspecified atom stereocenters. The van der Waals surface area contributed by atoms with Crippen LogP contribution in [0.3, 0.4) is 0 Å². The van der Waals surface area contributed by atoms with Crippen LogP contribution in [0.25, 0.3) is 0 Å². The second-order valence-electron chi connectivity index (χ2n) is 6.09. The third-order valence-corrected chi connectivity index (χ3v) is 3.94. The van der Waals surface area contributed by atoms with E-state index in [2.05, 4.69) is 5.32 Å². The average Bonchev–Trinajstić information content (AvgIpc) is 2.75. The summed E-state index contributed by atoms with van der Waals surface area (Å²) >= 11 is 0. The zero-order valence-electron chi connectivity index (χ0n) is 16.6. The van der Waals surface area contributed by atoms with Crippen molar-refractivity contribution >= 4 is 11.8 Å². The monoisotopic (exact) mass is 405 g/mol. The van der Waals surface area contributed by atoms with Crippen molar-refractivity contribution < 1.29 is 29.0 Å². The molecule has 3 N–H and O–H groups in total. The molecule has 0 aliphatic rings. The smallest absolute Gasteiger partial charge is 0.251 e. The van der Waals surface area contributed by atoms with Crippen LogP contribution in [0.15, 0.2) is 36.4 Å². The molecule has 9 heteroatoms. The molecule has 0 aliphatic carbocycles. The number of hydroxylamine groups is 1. The van der Waals surface area contributed by atoms with E-state index < -0.39 is 17.9 Å². The van der Waals surface area contributed by atoms with Crippen LogP contribution < -0.4 is 10.8 Å². The first kappa shape index (κ1) is 24.3. The van der Waals surface area contributed by atoms with Gasteiger partial charge < -0.3 is 19.5 Å². The molecular weight excluding hydrogens is 378 g/mol. The number of nitriles is 1. The lowest BCUT2D eigenvalue weighted by Crippen LogP contribution is -2.42. The fraction of sp³-hybridized carbons (Fsp3) is 0.450. The molecule has 9 nitrogen and oxygen atoms in total. The van der Waals surface area contributed by atoms with Crippen molar-refractivity contribution in [2.24, 2.45) is 5.92 Å². The van der Waals surface area contributed by atoms with E-state index in [-0.39, 0.29) is 25.7 Å². The molecule has 0 bridgehead atoms. The highest BCUT2D eigenvalue weighted by Gasteiger charge is 2.22. The van der Waals surface area contributed by atoms with Crippen LogP contribution in [0.1, 0.15) is 29.3 Å². The van der Waals surface area contributed by atoms with Crippen LogP contribution in [0.4, 0.5) is 0 Å². The summed E-state index contributed by atoms with van der Waals surface area (Å²) in [7, 11) is 1.56. The summed E-state index contributed by atoms with van der Waals surface area (Å²) in [5, 5.41) is 20.6. The summed E-state index contributed by atoms with van der Waals surface area (Å²) in [6.07, 6.45) is 3.52. The number of benzene rings is 1. The van der Waals surface area contributed by atoms with Gasteiger partial charge in [0.1, 0.15) is 6.79 Å². The molecular formula is C20H27N3O6. The molecule has 1 aromatic rings. The molecule has 0 aliphatic heterocycles. The first-order valence-electron chi connectivity index (χ1n) is 9.07. The summed E-state index contributed by atoms with van der Waals surface area (Å²) in [6.45, 7) is 2.66. The first-order chi connectivity index (χ1) is 14.0. The maximum absolute atomic E-state index is 12.5. The number of allylic oxidation sites excluding steroid dienone is 1. The Balaban J connectivity index is 2.77. The predicted octanol–water partition coefficient (Wildman–Crippen LogP) is 1.38. The maximum Gasteiger partial charge on any atom is 0.251 e. The lowest BCUT2D eigenvalue weighted by molar-refractivity contribution is -0.132. The molecule has 29 heavy (non-hydrogen) atoms. The van der Waals surface area contributed by atoms with Crippen molar-refractivity contribution in [2.75, 3.05) is 33.7 Å². The number of carbonyl (C=O) groups is 2. The minimum absolute atomic E-state index is 0.00702. The SMILES string of the molecule is C/C=C/[C@@H](C[C@@H](COCOCCOC)NC(=O)c1ccc(C#N)cc1)C(=O)NO. The maximum atomic E-state index is 12.5. The molecule has 158 valence electrons. The minimum atomic E-state index is -0.658. The number of ether oxygens (including phenoxy) is 3. The van der Waals surface area contributed by atoms with E-state index in [4.69, 9.17) is 24.7 Å². The van der Waals surface area contributed by atoms with Crippen LogP contribution in [0.5, 0.6) is 0 Å². The summed E-state index contributed by atoms with van der Waals surface area (Å²) in [5.74, 6) is -1.61. The Morgan fingerprint density at radius 1 is 1.24 bits per heavy atom. The molecule has 0 heterocycles. The number of methoxy groups -OCH3 is 1. The Labute approximate surface area is 170 Å². The summed E-state index contributed by atoms with van der Waals surface area (Å²) in [4.78, 5) is 24.4. The highest BCUT2D eigenvalue weighted by molar-refractivity contribution is 5.94. The van der Waals surface area contributed by atoms with Crippen molar-refractivity contribution in [3.63, 3.8) is 0 Å². The minimum Gasteiger partial charge on any atom is -0.382 e. The van der Waals surface area contributed by atoms with Gasteiger partial charge in [0.15, 0.2) is 0 Å². The van der Waals surface area contributed by atoms with E-state index in [0.29, 0.717) is 24.3 Å². The molecule has 0 aromatic heterocycles. The number of hydrogen-bond donors (Lipinski definition) is 3. The zero-order valence-corrected chi connectivity index (χ0v) is 16.6. The van der Waals surface area contributed by atoms with Crippen LogP contribution in [0.2, 0.25) is 0 Å². The highest BCUT2D eigenvalue weighted by atomic mass is 16.7. The van der Waals surface area contributed by atoms with E-state index >= 15 is 0 Å². The molecule has 0 saturated carbocycles. The van der Waals surface area contributed by atoms with Gasteiger partial charge in [-0.2, -0.15) is 5.26 Å². The molecule has 0 saturated heterocycles. The van der Waals surface area contributed by atoms with Crippen LogP contribution >= 0.6 is 0 Å². The molecule has 2 amide bonds. The normalized spacial score (nSPS) is 12.9.